The van der Waals surface area contributed by atoms with Crippen LogP contribution in [0, 0.1) is 13.8 Å². The number of pyridine rings is 1. The molecule has 3 aromatic rings. The van der Waals surface area contributed by atoms with E-state index in [1.807, 2.05) is 18.7 Å². The summed E-state index contributed by atoms with van der Waals surface area (Å²) in [5, 5.41) is 1.16. The second-order valence-electron chi connectivity index (χ2n) is 11.4. The topological polar surface area (TPSA) is 96.7 Å². The summed E-state index contributed by atoms with van der Waals surface area (Å²) >= 11 is 0. The number of benzene rings is 1. The summed E-state index contributed by atoms with van der Waals surface area (Å²) in [5.41, 5.74) is 13.6. The van der Waals surface area contributed by atoms with Crippen LogP contribution in [0.5, 0.6) is 0 Å². The highest BCUT2D eigenvalue weighted by Gasteiger charge is 2.39. The smallest absolute Gasteiger partial charge is 0.268 e. The van der Waals surface area contributed by atoms with Crippen molar-refractivity contribution in [1.82, 2.24) is 19.8 Å². The molecule has 2 aliphatic heterocycles. The van der Waals surface area contributed by atoms with Gasteiger partial charge in [-0.2, -0.15) is 0 Å². The Labute approximate surface area is 224 Å². The molecule has 202 valence electrons. The Kier molecular flexibility index (Phi) is 6.96. The number of fused-ring (bicyclic) bond motifs is 1. The minimum atomic E-state index is -0.485. The van der Waals surface area contributed by atoms with Gasteiger partial charge in [0.25, 0.3) is 5.91 Å². The Hall–Kier alpha value is -3.36. The van der Waals surface area contributed by atoms with E-state index in [2.05, 4.69) is 72.9 Å². The lowest BCUT2D eigenvalue weighted by Crippen LogP contribution is -2.55. The van der Waals surface area contributed by atoms with Gasteiger partial charge in [-0.05, 0) is 63.4 Å². The number of nitrogens with two attached hydrogens (primary N) is 1. The predicted molar refractivity (Wildman–Crippen MR) is 149 cm³/mol. The van der Waals surface area contributed by atoms with Crippen LogP contribution in [-0.4, -0.2) is 64.1 Å². The maximum Gasteiger partial charge on any atom is 0.268 e. The third-order valence-corrected chi connectivity index (χ3v) is 7.67. The predicted octanol–water partition coefficient (Wildman–Crippen LogP) is 4.74. The lowest BCUT2D eigenvalue weighted by Gasteiger charge is -2.44. The number of rotatable bonds is 7. The summed E-state index contributed by atoms with van der Waals surface area (Å²) < 4.78 is 11.7. The first-order valence-electron chi connectivity index (χ1n) is 13.4. The average molecular weight is 518 g/mol. The van der Waals surface area contributed by atoms with Gasteiger partial charge in [-0.3, -0.25) is 14.7 Å². The number of morpholine rings is 1. The van der Waals surface area contributed by atoms with Gasteiger partial charge in [0.15, 0.2) is 6.23 Å². The van der Waals surface area contributed by atoms with Gasteiger partial charge in [0, 0.05) is 58.6 Å². The molecular formula is C30H39N5O3. The number of primary amides is 1. The van der Waals surface area contributed by atoms with Crippen LogP contribution >= 0.6 is 0 Å². The van der Waals surface area contributed by atoms with Gasteiger partial charge < -0.3 is 25.1 Å². The van der Waals surface area contributed by atoms with Crippen molar-refractivity contribution in [3.63, 3.8) is 0 Å². The zero-order valence-electron chi connectivity index (χ0n) is 23.3. The lowest BCUT2D eigenvalue weighted by atomic mass is 9.94. The van der Waals surface area contributed by atoms with Crippen LogP contribution in [0.4, 0.5) is 0 Å². The molecule has 0 aliphatic carbocycles. The molecule has 1 saturated heterocycles. The molecule has 5 rings (SSSR count). The first-order chi connectivity index (χ1) is 18.0. The fraction of sp³-hybridized carbons (Fsp3) is 0.467. The number of H-pyrrole nitrogens is 1. The van der Waals surface area contributed by atoms with Gasteiger partial charge in [-0.15, -0.1) is 0 Å². The molecule has 1 fully saturated rings. The van der Waals surface area contributed by atoms with Gasteiger partial charge in [0.05, 0.1) is 18.9 Å². The van der Waals surface area contributed by atoms with Crippen molar-refractivity contribution in [2.24, 2.45) is 5.73 Å². The Bertz CT molecular complexity index is 1360. The Morgan fingerprint density at radius 1 is 1.16 bits per heavy atom. The third-order valence-electron chi connectivity index (χ3n) is 7.67. The van der Waals surface area contributed by atoms with Gasteiger partial charge in [0.1, 0.15) is 12.0 Å². The highest BCUT2D eigenvalue weighted by atomic mass is 16.5. The van der Waals surface area contributed by atoms with E-state index >= 15 is 0 Å². The fourth-order valence-corrected chi connectivity index (χ4v) is 5.90. The minimum absolute atomic E-state index is 0.213. The van der Waals surface area contributed by atoms with Crippen LogP contribution in [-0.2, 0) is 14.3 Å². The molecule has 0 spiro atoms. The number of carbonyl (C=O) groups excluding carboxylic acids is 1. The normalized spacial score (nSPS) is 18.8. The molecule has 8 nitrogen and oxygen atoms in total. The van der Waals surface area contributed by atoms with Crippen LogP contribution in [0.25, 0.3) is 22.2 Å². The van der Waals surface area contributed by atoms with Crippen LogP contribution in [0.1, 0.15) is 62.4 Å². The quantitative estimate of drug-likeness (QED) is 0.470. The number of carbonyl (C=O) groups is 1. The van der Waals surface area contributed by atoms with Gasteiger partial charge in [0.2, 0.25) is 0 Å². The molecule has 0 saturated carbocycles. The number of ether oxygens (including phenoxy) is 2. The van der Waals surface area contributed by atoms with Crippen molar-refractivity contribution in [3.8, 4) is 11.3 Å². The molecule has 0 radical (unpaired) electrons. The third kappa shape index (κ3) is 4.90. The summed E-state index contributed by atoms with van der Waals surface area (Å²) in [4.78, 5) is 25.0. The molecule has 1 atom stereocenters. The van der Waals surface area contributed by atoms with E-state index in [0.29, 0.717) is 31.4 Å². The second-order valence-corrected chi connectivity index (χ2v) is 11.4. The molecule has 38 heavy (non-hydrogen) atoms. The largest absolute Gasteiger partial charge is 0.471 e. The minimum Gasteiger partial charge on any atom is -0.471 e. The summed E-state index contributed by atoms with van der Waals surface area (Å²) in [6, 6.07) is 10.6. The SMILES string of the molecule is Cc1cc(-c2[nH]c3ccc(C4OC=C(C(N)=O)N4CC(C)(C)N4CCOCC4)cc3c2C(C)C)cc(C)n1. The Balaban J connectivity index is 1.54. The van der Waals surface area contributed by atoms with Crippen LogP contribution in [0.3, 0.4) is 0 Å². The van der Waals surface area contributed by atoms with Crippen molar-refractivity contribution in [3.05, 3.63) is 64.8 Å². The van der Waals surface area contributed by atoms with Crippen LogP contribution < -0.4 is 5.73 Å². The van der Waals surface area contributed by atoms with E-state index in [9.17, 15) is 4.79 Å². The van der Waals surface area contributed by atoms with Gasteiger partial charge >= 0.3 is 0 Å². The summed E-state index contributed by atoms with van der Waals surface area (Å²) in [5.74, 6) is -0.190. The zero-order chi connectivity index (χ0) is 27.2. The summed E-state index contributed by atoms with van der Waals surface area (Å²) in [6.45, 7) is 16.6. The number of nitrogens with one attached hydrogen (secondary N) is 1. The van der Waals surface area contributed by atoms with Crippen molar-refractivity contribution >= 4 is 16.8 Å². The van der Waals surface area contributed by atoms with Crippen molar-refractivity contribution in [2.75, 3.05) is 32.8 Å². The molecule has 2 aromatic heterocycles. The molecule has 1 unspecified atom stereocenters. The standard InChI is InChI=1S/C30H39N5O3/c1-18(2)26-23-15-21(7-8-24(23)33-27(26)22-13-19(3)32-20(4)14-22)29-35(25(16-38-29)28(31)36)17-30(5,6)34-9-11-37-12-10-34/h7-8,13-16,18,29,33H,9-12,17H2,1-6H3,(H2,31,36). The highest BCUT2D eigenvalue weighted by Crippen LogP contribution is 2.40. The number of nitrogens with zero attached hydrogens (tertiary/aromatic N) is 3. The molecule has 3 N–H and O–H groups in total. The second kappa shape index (κ2) is 10.1. The molecule has 4 heterocycles. The van der Waals surface area contributed by atoms with Crippen LogP contribution in [0.2, 0.25) is 0 Å². The fourth-order valence-electron chi connectivity index (χ4n) is 5.90. The monoisotopic (exact) mass is 517 g/mol. The molecule has 2 aliphatic rings. The van der Waals surface area contributed by atoms with Crippen molar-refractivity contribution < 1.29 is 14.3 Å². The van der Waals surface area contributed by atoms with E-state index in [1.54, 1.807) is 0 Å². The Morgan fingerprint density at radius 3 is 2.47 bits per heavy atom. The molecular weight excluding hydrogens is 478 g/mol. The number of aromatic amines is 1. The van der Waals surface area contributed by atoms with E-state index in [0.717, 1.165) is 52.2 Å². The number of amides is 1. The van der Waals surface area contributed by atoms with Crippen LogP contribution in [0.15, 0.2) is 42.3 Å². The Morgan fingerprint density at radius 2 is 1.84 bits per heavy atom. The molecule has 0 bridgehead atoms. The first-order valence-corrected chi connectivity index (χ1v) is 13.4. The van der Waals surface area contributed by atoms with Gasteiger partial charge in [-0.1, -0.05) is 19.9 Å². The van der Waals surface area contributed by atoms with E-state index in [1.165, 1.54) is 11.8 Å². The van der Waals surface area contributed by atoms with E-state index in [-0.39, 0.29) is 5.54 Å². The van der Waals surface area contributed by atoms with Crippen molar-refractivity contribution in [2.45, 2.75) is 59.2 Å². The molecule has 8 heteroatoms. The first kappa shape index (κ1) is 26.3. The number of hydrogen-bond donors (Lipinski definition) is 2. The maximum absolute atomic E-state index is 12.4. The maximum atomic E-state index is 12.4. The number of hydrogen-bond acceptors (Lipinski definition) is 6. The summed E-state index contributed by atoms with van der Waals surface area (Å²) in [7, 11) is 0. The lowest BCUT2D eigenvalue weighted by molar-refractivity contribution is -0.117. The average Bonchev–Trinajstić information content (AvgIpc) is 3.45. The van der Waals surface area contributed by atoms with E-state index < -0.39 is 12.1 Å². The highest BCUT2D eigenvalue weighted by molar-refractivity contribution is 5.93. The van der Waals surface area contributed by atoms with Gasteiger partial charge in [-0.25, -0.2) is 0 Å². The molecule has 1 amide bonds. The number of aromatic nitrogens is 2. The molecule has 1 aromatic carbocycles. The summed E-state index contributed by atoms with van der Waals surface area (Å²) in [6.07, 6.45) is 1.08. The van der Waals surface area contributed by atoms with Crippen molar-refractivity contribution in [1.29, 1.82) is 0 Å². The number of aryl methyl sites for hydroxylation is 2. The zero-order valence-corrected chi connectivity index (χ0v) is 23.3. The van der Waals surface area contributed by atoms with E-state index in [4.69, 9.17) is 15.2 Å².